The Labute approximate surface area is 99.9 Å². The molecule has 16 heavy (non-hydrogen) atoms. The first kappa shape index (κ1) is 11.0. The zero-order chi connectivity index (χ0) is 11.5. The highest BCUT2D eigenvalue weighted by atomic mass is 35.5. The average Bonchev–Trinajstić information content (AvgIpc) is 2.28. The summed E-state index contributed by atoms with van der Waals surface area (Å²) in [5, 5.41) is 0.466. The number of aryl methyl sites for hydroxylation is 1. The van der Waals surface area contributed by atoms with E-state index in [1.165, 1.54) is 5.56 Å². The lowest BCUT2D eigenvalue weighted by molar-refractivity contribution is 0.476. The van der Waals surface area contributed by atoms with Crippen molar-refractivity contribution in [1.82, 2.24) is 4.98 Å². The second kappa shape index (κ2) is 4.54. The van der Waals surface area contributed by atoms with Gasteiger partial charge in [0, 0.05) is 0 Å². The van der Waals surface area contributed by atoms with Gasteiger partial charge in [-0.25, -0.2) is 4.98 Å². The lowest BCUT2D eigenvalue weighted by Crippen LogP contribution is -1.90. The highest BCUT2D eigenvalue weighted by Crippen LogP contribution is 2.26. The van der Waals surface area contributed by atoms with Gasteiger partial charge in [-0.15, -0.1) is 0 Å². The standard InChI is InChI=1S/C13H12ClNO/c1-9-4-3-5-12(10(9)2)16-11-6-7-13(14)15-8-11/h3-8H,1-2H3. The molecule has 0 radical (unpaired) electrons. The Hall–Kier alpha value is -1.54. The number of hydrogen-bond donors (Lipinski definition) is 0. The largest absolute Gasteiger partial charge is 0.455 e. The predicted molar refractivity (Wildman–Crippen MR) is 65.2 cm³/mol. The van der Waals surface area contributed by atoms with Crippen molar-refractivity contribution < 1.29 is 4.74 Å². The molecule has 0 spiro atoms. The third-order valence-corrected chi connectivity index (χ3v) is 2.71. The van der Waals surface area contributed by atoms with Crippen LogP contribution in [0.3, 0.4) is 0 Å². The van der Waals surface area contributed by atoms with Crippen LogP contribution in [0.25, 0.3) is 0 Å². The van der Waals surface area contributed by atoms with Crippen LogP contribution in [0, 0.1) is 13.8 Å². The van der Waals surface area contributed by atoms with Crippen LogP contribution in [0.4, 0.5) is 0 Å². The van der Waals surface area contributed by atoms with Crippen LogP contribution in [-0.4, -0.2) is 4.98 Å². The van der Waals surface area contributed by atoms with Crippen molar-refractivity contribution in [3.05, 3.63) is 52.8 Å². The summed E-state index contributed by atoms with van der Waals surface area (Å²) in [6, 6.07) is 9.49. The number of halogens is 1. The number of benzene rings is 1. The van der Waals surface area contributed by atoms with E-state index in [0.717, 1.165) is 11.3 Å². The van der Waals surface area contributed by atoms with Gasteiger partial charge >= 0.3 is 0 Å². The van der Waals surface area contributed by atoms with E-state index in [-0.39, 0.29) is 0 Å². The van der Waals surface area contributed by atoms with Crippen molar-refractivity contribution in [2.75, 3.05) is 0 Å². The topological polar surface area (TPSA) is 22.1 Å². The Morgan fingerprint density at radius 2 is 1.94 bits per heavy atom. The maximum atomic E-state index is 5.72. The van der Waals surface area contributed by atoms with Gasteiger partial charge in [0.05, 0.1) is 6.20 Å². The van der Waals surface area contributed by atoms with Crippen LogP contribution < -0.4 is 4.74 Å². The number of pyridine rings is 1. The van der Waals surface area contributed by atoms with Gasteiger partial charge in [0.2, 0.25) is 0 Å². The van der Waals surface area contributed by atoms with Crippen molar-refractivity contribution in [2.24, 2.45) is 0 Å². The van der Waals surface area contributed by atoms with Crippen LogP contribution in [0.5, 0.6) is 11.5 Å². The molecule has 0 atom stereocenters. The van der Waals surface area contributed by atoms with Crippen LogP contribution in [0.2, 0.25) is 5.15 Å². The Morgan fingerprint density at radius 1 is 1.12 bits per heavy atom. The van der Waals surface area contributed by atoms with Crippen LogP contribution >= 0.6 is 11.6 Å². The van der Waals surface area contributed by atoms with Gasteiger partial charge < -0.3 is 4.74 Å². The zero-order valence-corrected chi connectivity index (χ0v) is 9.95. The smallest absolute Gasteiger partial charge is 0.145 e. The Balaban J connectivity index is 2.27. The summed E-state index contributed by atoms with van der Waals surface area (Å²) in [4.78, 5) is 3.97. The summed E-state index contributed by atoms with van der Waals surface area (Å²) in [5.41, 5.74) is 2.34. The Kier molecular flexibility index (Phi) is 3.11. The zero-order valence-electron chi connectivity index (χ0n) is 9.20. The van der Waals surface area contributed by atoms with Gasteiger partial charge in [0.25, 0.3) is 0 Å². The molecule has 1 heterocycles. The highest BCUT2D eigenvalue weighted by Gasteiger charge is 2.03. The Bertz CT molecular complexity index is 494. The van der Waals surface area contributed by atoms with Gasteiger partial charge in [-0.05, 0) is 43.2 Å². The first-order valence-electron chi connectivity index (χ1n) is 5.02. The molecule has 1 aromatic heterocycles. The van der Waals surface area contributed by atoms with E-state index in [0.29, 0.717) is 10.9 Å². The summed E-state index contributed by atoms with van der Waals surface area (Å²) in [6.07, 6.45) is 1.62. The van der Waals surface area contributed by atoms with Crippen molar-refractivity contribution >= 4 is 11.6 Å². The van der Waals surface area contributed by atoms with Gasteiger partial charge in [0.1, 0.15) is 16.7 Å². The molecule has 82 valence electrons. The number of rotatable bonds is 2. The molecule has 0 fully saturated rings. The molecule has 2 nitrogen and oxygen atoms in total. The number of ether oxygens (including phenoxy) is 1. The molecule has 0 amide bonds. The second-order valence-corrected chi connectivity index (χ2v) is 4.00. The Morgan fingerprint density at radius 3 is 2.62 bits per heavy atom. The molecular formula is C13H12ClNO. The molecular weight excluding hydrogens is 222 g/mol. The third-order valence-electron chi connectivity index (χ3n) is 2.48. The summed E-state index contributed by atoms with van der Waals surface area (Å²) in [5.74, 6) is 1.54. The molecule has 0 saturated carbocycles. The maximum absolute atomic E-state index is 5.72. The average molecular weight is 234 g/mol. The number of hydrogen-bond acceptors (Lipinski definition) is 2. The minimum Gasteiger partial charge on any atom is -0.455 e. The van der Waals surface area contributed by atoms with E-state index in [2.05, 4.69) is 18.0 Å². The fourth-order valence-electron chi connectivity index (χ4n) is 1.38. The second-order valence-electron chi connectivity index (χ2n) is 3.62. The molecule has 0 N–H and O–H groups in total. The van der Waals surface area contributed by atoms with E-state index >= 15 is 0 Å². The monoisotopic (exact) mass is 233 g/mol. The lowest BCUT2D eigenvalue weighted by atomic mass is 10.1. The van der Waals surface area contributed by atoms with Crippen LogP contribution in [0.15, 0.2) is 36.5 Å². The minimum atomic E-state index is 0.466. The van der Waals surface area contributed by atoms with Gasteiger partial charge in [0.15, 0.2) is 0 Å². The summed E-state index contributed by atoms with van der Waals surface area (Å²) in [6.45, 7) is 4.09. The quantitative estimate of drug-likeness (QED) is 0.728. The van der Waals surface area contributed by atoms with E-state index in [1.54, 1.807) is 18.3 Å². The predicted octanol–water partition coefficient (Wildman–Crippen LogP) is 4.14. The van der Waals surface area contributed by atoms with Crippen molar-refractivity contribution in [1.29, 1.82) is 0 Å². The van der Waals surface area contributed by atoms with E-state index < -0.39 is 0 Å². The molecule has 2 aromatic rings. The van der Waals surface area contributed by atoms with E-state index in [1.807, 2.05) is 19.1 Å². The number of nitrogens with zero attached hydrogens (tertiary/aromatic N) is 1. The molecule has 1 aromatic carbocycles. The minimum absolute atomic E-state index is 0.466. The summed E-state index contributed by atoms with van der Waals surface area (Å²) < 4.78 is 5.72. The van der Waals surface area contributed by atoms with Gasteiger partial charge in [-0.2, -0.15) is 0 Å². The van der Waals surface area contributed by atoms with E-state index in [9.17, 15) is 0 Å². The van der Waals surface area contributed by atoms with Crippen LogP contribution in [-0.2, 0) is 0 Å². The normalized spacial score (nSPS) is 10.2. The van der Waals surface area contributed by atoms with Crippen molar-refractivity contribution in [2.45, 2.75) is 13.8 Å². The fourth-order valence-corrected chi connectivity index (χ4v) is 1.50. The van der Waals surface area contributed by atoms with Gasteiger partial charge in [-0.3, -0.25) is 0 Å². The molecule has 0 aliphatic heterocycles. The maximum Gasteiger partial charge on any atom is 0.145 e. The molecule has 2 rings (SSSR count). The third kappa shape index (κ3) is 2.34. The fraction of sp³-hybridized carbons (Fsp3) is 0.154. The number of aromatic nitrogens is 1. The first-order valence-corrected chi connectivity index (χ1v) is 5.40. The molecule has 0 aliphatic carbocycles. The highest BCUT2D eigenvalue weighted by molar-refractivity contribution is 6.29. The van der Waals surface area contributed by atoms with Crippen molar-refractivity contribution in [3.63, 3.8) is 0 Å². The van der Waals surface area contributed by atoms with E-state index in [4.69, 9.17) is 16.3 Å². The molecule has 0 unspecified atom stereocenters. The lowest BCUT2D eigenvalue weighted by Gasteiger charge is -2.09. The SMILES string of the molecule is Cc1cccc(Oc2ccc(Cl)nc2)c1C. The molecule has 3 heteroatoms. The first-order chi connectivity index (χ1) is 7.66. The summed E-state index contributed by atoms with van der Waals surface area (Å²) in [7, 11) is 0. The molecule has 0 bridgehead atoms. The van der Waals surface area contributed by atoms with Crippen LogP contribution in [0.1, 0.15) is 11.1 Å². The molecule has 0 saturated heterocycles. The van der Waals surface area contributed by atoms with Crippen molar-refractivity contribution in [3.8, 4) is 11.5 Å². The van der Waals surface area contributed by atoms with Gasteiger partial charge in [-0.1, -0.05) is 23.7 Å². The summed E-state index contributed by atoms with van der Waals surface area (Å²) >= 11 is 5.70. The molecule has 0 aliphatic rings.